The molecule has 0 saturated heterocycles. The Balaban J connectivity index is 0.000000461. The fourth-order valence-corrected chi connectivity index (χ4v) is 0.838. The van der Waals surface area contributed by atoms with E-state index in [2.05, 4.69) is 38.1 Å². The average Bonchev–Trinajstić information content (AvgIpc) is 2.10. The second kappa shape index (κ2) is 4.10. The Labute approximate surface area is 65.3 Å². The summed E-state index contributed by atoms with van der Waals surface area (Å²) >= 11 is 0. The molecular formula is C10H16. The van der Waals surface area contributed by atoms with Gasteiger partial charge in [-0.15, -0.1) is 0 Å². The van der Waals surface area contributed by atoms with Gasteiger partial charge in [-0.25, -0.2) is 0 Å². The van der Waals surface area contributed by atoms with Crippen molar-refractivity contribution in [3.05, 3.63) is 35.9 Å². The van der Waals surface area contributed by atoms with Gasteiger partial charge in [0.25, 0.3) is 0 Å². The molecule has 1 rings (SSSR count). The van der Waals surface area contributed by atoms with Crippen molar-refractivity contribution in [3.63, 3.8) is 0 Å². The third-order valence-electron chi connectivity index (χ3n) is 1.47. The van der Waals surface area contributed by atoms with Crippen molar-refractivity contribution in [2.75, 3.05) is 0 Å². The van der Waals surface area contributed by atoms with Crippen molar-refractivity contribution < 1.29 is 1.37 Å². The summed E-state index contributed by atoms with van der Waals surface area (Å²) in [6, 6.07) is 10.5. The Morgan fingerprint density at radius 3 is 2.00 bits per heavy atom. The topological polar surface area (TPSA) is 0 Å². The summed E-state index contributed by atoms with van der Waals surface area (Å²) in [5.74, 6) is 0.659. The molecule has 1 aromatic rings. The Morgan fingerprint density at radius 2 is 1.70 bits per heavy atom. The highest BCUT2D eigenvalue weighted by Gasteiger charge is 1.93. The Morgan fingerprint density at radius 1 is 1.20 bits per heavy atom. The fourth-order valence-electron chi connectivity index (χ4n) is 0.838. The molecule has 0 heterocycles. The maximum absolute atomic E-state index is 5.75. The van der Waals surface area contributed by atoms with Crippen LogP contribution < -0.4 is 0 Å². The SMILES string of the molecule is CC(C)c1ccccc1.[3H]C. The van der Waals surface area contributed by atoms with E-state index in [-0.39, 0.29) is 0 Å². The molecule has 0 unspecified atom stereocenters. The first-order valence-electron chi connectivity index (χ1n) is 4.35. The van der Waals surface area contributed by atoms with Crippen LogP contribution >= 0.6 is 0 Å². The standard InChI is InChI=1S/C9H12.CH4/c1-8(2)9-6-4-3-5-7-9;/h3-8H,1-2H3;1H4/i;1T. The van der Waals surface area contributed by atoms with Gasteiger partial charge >= 0.3 is 0 Å². The monoisotopic (exact) mass is 138 g/mol. The van der Waals surface area contributed by atoms with Gasteiger partial charge in [-0.05, 0) is 11.5 Å². The third-order valence-corrected chi connectivity index (χ3v) is 1.47. The van der Waals surface area contributed by atoms with E-state index >= 15 is 0 Å². The molecule has 0 aliphatic heterocycles. The van der Waals surface area contributed by atoms with Crippen LogP contribution in [-0.2, 0) is 0 Å². The van der Waals surface area contributed by atoms with Gasteiger partial charge in [-0.1, -0.05) is 51.6 Å². The zero-order valence-corrected chi connectivity index (χ0v) is 6.96. The fraction of sp³-hybridized carbons (Fsp3) is 0.400. The summed E-state index contributed by atoms with van der Waals surface area (Å²) < 4.78 is 5.75. The van der Waals surface area contributed by atoms with Gasteiger partial charge < -0.3 is 0 Å². The van der Waals surface area contributed by atoms with E-state index in [1.165, 1.54) is 13.0 Å². The van der Waals surface area contributed by atoms with Gasteiger partial charge in [-0.3, -0.25) is 0 Å². The van der Waals surface area contributed by atoms with E-state index in [4.69, 9.17) is 1.37 Å². The summed E-state index contributed by atoms with van der Waals surface area (Å²) in [5, 5.41) is 0. The maximum Gasteiger partial charge on any atom is 0.0194 e. The second-order valence-corrected chi connectivity index (χ2v) is 2.57. The molecule has 0 bridgehead atoms. The average molecular weight is 138 g/mol. The van der Waals surface area contributed by atoms with Crippen molar-refractivity contribution in [2.45, 2.75) is 27.2 Å². The highest BCUT2D eigenvalue weighted by Crippen LogP contribution is 2.11. The molecule has 0 saturated carbocycles. The van der Waals surface area contributed by atoms with Crippen molar-refractivity contribution >= 4 is 0 Å². The minimum atomic E-state index is 0.659. The van der Waals surface area contributed by atoms with Gasteiger partial charge in [0.05, 0.1) is 0 Å². The highest BCUT2D eigenvalue weighted by atomic mass is 14.0. The van der Waals surface area contributed by atoms with Gasteiger partial charge in [0, 0.05) is 1.37 Å². The molecule has 0 aromatic heterocycles. The summed E-state index contributed by atoms with van der Waals surface area (Å²) in [6.45, 7) is 4.41. The first-order chi connectivity index (χ1) is 5.30. The lowest BCUT2D eigenvalue weighted by atomic mass is 10.0. The third kappa shape index (κ3) is 2.22. The Hall–Kier alpha value is -0.780. The number of hydrogen-bond donors (Lipinski definition) is 0. The lowest BCUT2D eigenvalue weighted by Crippen LogP contribution is -1.83. The van der Waals surface area contributed by atoms with Crippen LogP contribution in [0.25, 0.3) is 0 Å². The zero-order chi connectivity index (χ0) is 8.69. The molecule has 0 nitrogen and oxygen atoms in total. The van der Waals surface area contributed by atoms with E-state index in [1.807, 2.05) is 6.07 Å². The maximum atomic E-state index is 5.75. The van der Waals surface area contributed by atoms with Crippen LogP contribution in [0.5, 0.6) is 0 Å². The van der Waals surface area contributed by atoms with Gasteiger partial charge in [-0.2, -0.15) is 0 Å². The molecule has 0 aliphatic carbocycles. The smallest absolute Gasteiger partial charge is 0.0194 e. The van der Waals surface area contributed by atoms with Crippen LogP contribution in [0.4, 0.5) is 0 Å². The lowest BCUT2D eigenvalue weighted by Gasteiger charge is -2.01. The molecular weight excluding hydrogens is 120 g/mol. The Bertz CT molecular complexity index is 167. The first-order valence-corrected chi connectivity index (χ1v) is 3.35. The van der Waals surface area contributed by atoms with E-state index in [9.17, 15) is 0 Å². The second-order valence-electron chi connectivity index (χ2n) is 2.57. The van der Waals surface area contributed by atoms with Gasteiger partial charge in [0.15, 0.2) is 0 Å². The zero-order valence-electron chi connectivity index (χ0n) is 7.96. The molecule has 0 heteroatoms. The van der Waals surface area contributed by atoms with E-state index < -0.39 is 0 Å². The van der Waals surface area contributed by atoms with Crippen molar-refractivity contribution in [2.24, 2.45) is 0 Å². The molecule has 0 spiro atoms. The lowest BCUT2D eigenvalue weighted by molar-refractivity contribution is 0.867. The summed E-state index contributed by atoms with van der Waals surface area (Å²) in [5.41, 5.74) is 1.41. The van der Waals surface area contributed by atoms with Crippen molar-refractivity contribution in [1.82, 2.24) is 0 Å². The minimum Gasteiger partial charge on any atom is -0.0776 e. The minimum absolute atomic E-state index is 0.659. The van der Waals surface area contributed by atoms with Gasteiger partial charge in [0.1, 0.15) is 0 Å². The van der Waals surface area contributed by atoms with E-state index in [0.29, 0.717) is 5.92 Å². The number of hydrogen-bond acceptors (Lipinski definition) is 0. The molecule has 0 atom stereocenters. The quantitative estimate of drug-likeness (QED) is 0.557. The molecule has 10 heavy (non-hydrogen) atoms. The summed E-state index contributed by atoms with van der Waals surface area (Å²) in [4.78, 5) is 0. The first kappa shape index (κ1) is 7.33. The highest BCUT2D eigenvalue weighted by molar-refractivity contribution is 5.17. The molecule has 0 radical (unpaired) electrons. The molecule has 0 amide bonds. The van der Waals surface area contributed by atoms with Crippen LogP contribution in [-0.4, -0.2) is 0 Å². The summed E-state index contributed by atoms with van der Waals surface area (Å²) in [6.07, 6.45) is 0. The predicted molar refractivity (Wildman–Crippen MR) is 47.3 cm³/mol. The number of benzene rings is 1. The number of rotatable bonds is 1. The Kier molecular flexibility index (Phi) is 3.01. The largest absolute Gasteiger partial charge is 0.0776 e. The van der Waals surface area contributed by atoms with Crippen LogP contribution in [0.3, 0.4) is 0 Å². The van der Waals surface area contributed by atoms with Gasteiger partial charge in [0.2, 0.25) is 0 Å². The molecule has 1 aromatic carbocycles. The van der Waals surface area contributed by atoms with E-state index in [0.717, 1.165) is 0 Å². The summed E-state index contributed by atoms with van der Waals surface area (Å²) in [7, 11) is 1.25. The molecule has 0 fully saturated rings. The predicted octanol–water partition coefficient (Wildman–Crippen LogP) is 3.45. The van der Waals surface area contributed by atoms with Crippen molar-refractivity contribution in [1.29, 1.82) is 0 Å². The normalized spacial score (nSPS) is 9.80. The van der Waals surface area contributed by atoms with Crippen LogP contribution in [0.2, 0.25) is 0 Å². The van der Waals surface area contributed by atoms with E-state index in [1.54, 1.807) is 0 Å². The molecule has 0 N–H and O–H groups in total. The van der Waals surface area contributed by atoms with Crippen LogP contribution in [0.15, 0.2) is 30.3 Å². The van der Waals surface area contributed by atoms with Crippen LogP contribution in [0, 0.1) is 0 Å². The van der Waals surface area contributed by atoms with Crippen LogP contribution in [0.1, 0.15) is 34.1 Å². The molecule has 0 aliphatic rings. The molecule has 56 valence electrons. The van der Waals surface area contributed by atoms with Crippen molar-refractivity contribution in [3.8, 4) is 0 Å².